The fourth-order valence-electron chi connectivity index (χ4n) is 1.61. The molecule has 94 valence electrons. The van der Waals surface area contributed by atoms with Gasteiger partial charge in [0.25, 0.3) is 0 Å². The first-order chi connectivity index (χ1) is 8.78. The fourth-order valence-corrected chi connectivity index (χ4v) is 1.61. The minimum atomic E-state index is 0.657. The first-order valence-corrected chi connectivity index (χ1v) is 6.00. The molecule has 0 fully saturated rings. The second-order valence-corrected chi connectivity index (χ2v) is 3.94. The molecule has 0 bridgehead atoms. The molecule has 0 aliphatic carbocycles. The molecule has 0 radical (unpaired) electrons. The Morgan fingerprint density at radius 3 is 2.61 bits per heavy atom. The van der Waals surface area contributed by atoms with Crippen LogP contribution < -0.4 is 10.6 Å². The molecule has 0 saturated heterocycles. The SMILES string of the molecule is CCNc1cc(NCc2cccc(C)n2)ncn1. The van der Waals surface area contributed by atoms with Crippen LogP contribution in [0.2, 0.25) is 0 Å². The first kappa shape index (κ1) is 12.3. The predicted molar refractivity (Wildman–Crippen MR) is 72.5 cm³/mol. The lowest BCUT2D eigenvalue weighted by Gasteiger charge is -2.07. The second kappa shape index (κ2) is 5.95. The van der Waals surface area contributed by atoms with Crippen LogP contribution in [0.25, 0.3) is 0 Å². The third-order valence-electron chi connectivity index (χ3n) is 2.42. The summed E-state index contributed by atoms with van der Waals surface area (Å²) in [4.78, 5) is 12.7. The molecule has 2 aromatic heterocycles. The number of aromatic nitrogens is 3. The van der Waals surface area contributed by atoms with Crippen molar-refractivity contribution < 1.29 is 0 Å². The van der Waals surface area contributed by atoms with Gasteiger partial charge in [-0.3, -0.25) is 4.98 Å². The Bertz CT molecular complexity index is 512. The summed E-state index contributed by atoms with van der Waals surface area (Å²) in [5, 5.41) is 6.38. The van der Waals surface area contributed by atoms with Crippen molar-refractivity contribution >= 4 is 11.6 Å². The standard InChI is InChI=1S/C13H17N5/c1-3-14-12-7-13(17-9-16-12)15-8-11-6-4-5-10(2)18-11/h4-7,9H,3,8H2,1-2H3,(H2,14,15,16,17). The molecule has 2 N–H and O–H groups in total. The normalized spacial score (nSPS) is 10.1. The summed E-state index contributed by atoms with van der Waals surface area (Å²) >= 11 is 0. The van der Waals surface area contributed by atoms with Gasteiger partial charge in [0.15, 0.2) is 0 Å². The summed E-state index contributed by atoms with van der Waals surface area (Å²) in [7, 11) is 0. The monoisotopic (exact) mass is 243 g/mol. The molecule has 2 rings (SSSR count). The molecule has 0 unspecified atom stereocenters. The van der Waals surface area contributed by atoms with E-state index in [0.717, 1.165) is 29.6 Å². The summed E-state index contributed by atoms with van der Waals surface area (Å²) in [6.45, 7) is 5.52. The largest absolute Gasteiger partial charge is 0.370 e. The molecule has 0 saturated carbocycles. The summed E-state index contributed by atoms with van der Waals surface area (Å²) in [6.07, 6.45) is 1.55. The molecular formula is C13H17N5. The molecular weight excluding hydrogens is 226 g/mol. The van der Waals surface area contributed by atoms with Gasteiger partial charge in [-0.25, -0.2) is 9.97 Å². The highest BCUT2D eigenvalue weighted by molar-refractivity contribution is 5.46. The van der Waals surface area contributed by atoms with Crippen LogP contribution in [0.4, 0.5) is 11.6 Å². The first-order valence-electron chi connectivity index (χ1n) is 6.00. The molecule has 0 atom stereocenters. The van der Waals surface area contributed by atoms with Gasteiger partial charge in [0.2, 0.25) is 0 Å². The zero-order valence-electron chi connectivity index (χ0n) is 10.6. The zero-order valence-corrected chi connectivity index (χ0v) is 10.6. The van der Waals surface area contributed by atoms with Crippen LogP contribution in [-0.2, 0) is 6.54 Å². The maximum absolute atomic E-state index is 4.43. The molecule has 2 heterocycles. The minimum absolute atomic E-state index is 0.657. The average Bonchev–Trinajstić information content (AvgIpc) is 2.37. The van der Waals surface area contributed by atoms with Gasteiger partial charge in [-0.05, 0) is 26.0 Å². The van der Waals surface area contributed by atoms with Crippen LogP contribution in [0.15, 0.2) is 30.6 Å². The number of anilines is 2. The number of nitrogens with zero attached hydrogens (tertiary/aromatic N) is 3. The molecule has 5 nitrogen and oxygen atoms in total. The highest BCUT2D eigenvalue weighted by atomic mass is 15.1. The van der Waals surface area contributed by atoms with E-state index in [1.807, 2.05) is 38.1 Å². The Morgan fingerprint density at radius 2 is 1.89 bits per heavy atom. The number of nitrogens with one attached hydrogen (secondary N) is 2. The molecule has 0 aliphatic heterocycles. The van der Waals surface area contributed by atoms with Crippen molar-refractivity contribution in [3.05, 3.63) is 42.0 Å². The van der Waals surface area contributed by atoms with E-state index in [9.17, 15) is 0 Å². The van der Waals surface area contributed by atoms with E-state index >= 15 is 0 Å². The Balaban J connectivity index is 1.99. The van der Waals surface area contributed by atoms with Crippen molar-refractivity contribution in [3.8, 4) is 0 Å². The van der Waals surface area contributed by atoms with E-state index in [0.29, 0.717) is 6.54 Å². The lowest BCUT2D eigenvalue weighted by atomic mass is 10.3. The van der Waals surface area contributed by atoms with Gasteiger partial charge < -0.3 is 10.6 Å². The number of pyridine rings is 1. The second-order valence-electron chi connectivity index (χ2n) is 3.94. The number of aryl methyl sites for hydroxylation is 1. The van der Waals surface area contributed by atoms with E-state index in [-0.39, 0.29) is 0 Å². The summed E-state index contributed by atoms with van der Waals surface area (Å²) in [6, 6.07) is 7.87. The van der Waals surface area contributed by atoms with E-state index in [1.165, 1.54) is 0 Å². The highest BCUT2D eigenvalue weighted by Crippen LogP contribution is 2.09. The number of hydrogen-bond donors (Lipinski definition) is 2. The van der Waals surface area contributed by atoms with Gasteiger partial charge in [-0.2, -0.15) is 0 Å². The van der Waals surface area contributed by atoms with Gasteiger partial charge in [-0.15, -0.1) is 0 Å². The van der Waals surface area contributed by atoms with Gasteiger partial charge >= 0.3 is 0 Å². The van der Waals surface area contributed by atoms with Crippen LogP contribution in [0.5, 0.6) is 0 Å². The minimum Gasteiger partial charge on any atom is -0.370 e. The van der Waals surface area contributed by atoms with Gasteiger partial charge in [0, 0.05) is 18.3 Å². The van der Waals surface area contributed by atoms with Crippen molar-refractivity contribution in [3.63, 3.8) is 0 Å². The van der Waals surface area contributed by atoms with Crippen LogP contribution in [0.1, 0.15) is 18.3 Å². The van der Waals surface area contributed by atoms with Crippen LogP contribution in [0.3, 0.4) is 0 Å². The molecule has 2 aromatic rings. The lowest BCUT2D eigenvalue weighted by molar-refractivity contribution is 0.996. The number of rotatable bonds is 5. The third kappa shape index (κ3) is 3.41. The van der Waals surface area contributed by atoms with Crippen LogP contribution in [-0.4, -0.2) is 21.5 Å². The van der Waals surface area contributed by atoms with Crippen molar-refractivity contribution in [2.75, 3.05) is 17.2 Å². The molecule has 0 amide bonds. The molecule has 0 aliphatic rings. The Morgan fingerprint density at radius 1 is 1.11 bits per heavy atom. The van der Waals surface area contributed by atoms with E-state index in [2.05, 4.69) is 25.6 Å². The topological polar surface area (TPSA) is 62.7 Å². The Kier molecular flexibility index (Phi) is 4.06. The van der Waals surface area contributed by atoms with E-state index < -0.39 is 0 Å². The van der Waals surface area contributed by atoms with E-state index in [4.69, 9.17) is 0 Å². The van der Waals surface area contributed by atoms with Crippen LogP contribution in [0, 0.1) is 6.92 Å². The summed E-state index contributed by atoms with van der Waals surface area (Å²) < 4.78 is 0. The molecule has 18 heavy (non-hydrogen) atoms. The third-order valence-corrected chi connectivity index (χ3v) is 2.42. The quantitative estimate of drug-likeness (QED) is 0.843. The molecule has 5 heteroatoms. The van der Waals surface area contributed by atoms with Crippen molar-refractivity contribution in [1.29, 1.82) is 0 Å². The van der Waals surface area contributed by atoms with Gasteiger partial charge in [-0.1, -0.05) is 6.07 Å². The predicted octanol–water partition coefficient (Wildman–Crippen LogP) is 2.22. The fraction of sp³-hybridized carbons (Fsp3) is 0.308. The van der Waals surface area contributed by atoms with Crippen molar-refractivity contribution in [2.45, 2.75) is 20.4 Å². The smallest absolute Gasteiger partial charge is 0.131 e. The van der Waals surface area contributed by atoms with Crippen molar-refractivity contribution in [1.82, 2.24) is 15.0 Å². The summed E-state index contributed by atoms with van der Waals surface area (Å²) in [5.74, 6) is 1.62. The Labute approximate surface area is 107 Å². The number of hydrogen-bond acceptors (Lipinski definition) is 5. The lowest BCUT2D eigenvalue weighted by Crippen LogP contribution is -2.06. The molecule has 0 aromatic carbocycles. The summed E-state index contributed by atoms with van der Waals surface area (Å²) in [5.41, 5.74) is 2.02. The van der Waals surface area contributed by atoms with Gasteiger partial charge in [0.05, 0.1) is 12.2 Å². The molecule has 0 spiro atoms. The maximum atomic E-state index is 4.43. The zero-order chi connectivity index (χ0) is 12.8. The van der Waals surface area contributed by atoms with E-state index in [1.54, 1.807) is 6.33 Å². The average molecular weight is 243 g/mol. The Hall–Kier alpha value is -2.17. The van der Waals surface area contributed by atoms with Crippen molar-refractivity contribution in [2.24, 2.45) is 0 Å². The van der Waals surface area contributed by atoms with Gasteiger partial charge in [0.1, 0.15) is 18.0 Å². The highest BCUT2D eigenvalue weighted by Gasteiger charge is 1.99. The van der Waals surface area contributed by atoms with Crippen LogP contribution >= 0.6 is 0 Å². The maximum Gasteiger partial charge on any atom is 0.131 e.